The summed E-state index contributed by atoms with van der Waals surface area (Å²) in [4.78, 5) is 19.8. The molecule has 2 aliphatic rings. The monoisotopic (exact) mass is 309 g/mol. The van der Waals surface area contributed by atoms with E-state index in [0.717, 1.165) is 11.3 Å². The number of nitriles is 1. The van der Waals surface area contributed by atoms with Gasteiger partial charge in [-0.15, -0.1) is 0 Å². The highest BCUT2D eigenvalue weighted by Gasteiger charge is 2.55. The van der Waals surface area contributed by atoms with Gasteiger partial charge in [-0.2, -0.15) is 5.26 Å². The molecule has 1 amide bonds. The summed E-state index contributed by atoms with van der Waals surface area (Å²) in [5, 5.41) is 13.0. The minimum Gasteiger partial charge on any atom is -0.481 e. The summed E-state index contributed by atoms with van der Waals surface area (Å²) in [5.41, 5.74) is 9.98. The summed E-state index contributed by atoms with van der Waals surface area (Å²) in [6, 6.07) is 5.71. The molecule has 0 saturated heterocycles. The van der Waals surface area contributed by atoms with Gasteiger partial charge in [-0.1, -0.05) is 17.7 Å². The second-order valence-corrected chi connectivity index (χ2v) is 5.98. The van der Waals surface area contributed by atoms with Gasteiger partial charge in [0.25, 0.3) is 0 Å². The van der Waals surface area contributed by atoms with Gasteiger partial charge in [0.2, 0.25) is 11.8 Å². The third-order valence-corrected chi connectivity index (χ3v) is 4.74. The van der Waals surface area contributed by atoms with Crippen LogP contribution < -0.4 is 4.74 Å². The van der Waals surface area contributed by atoms with Crippen molar-refractivity contribution in [1.82, 2.24) is 4.98 Å². The molecule has 7 heteroatoms. The number of nitrogens with zero attached hydrogens (tertiary/aromatic N) is 5. The lowest BCUT2D eigenvalue weighted by Crippen LogP contribution is -2.51. The van der Waals surface area contributed by atoms with Gasteiger partial charge < -0.3 is 4.74 Å². The highest BCUT2D eigenvalue weighted by molar-refractivity contribution is 5.91. The van der Waals surface area contributed by atoms with Gasteiger partial charge in [-0.05, 0) is 41.9 Å². The zero-order chi connectivity index (χ0) is 16.6. The van der Waals surface area contributed by atoms with Gasteiger partial charge in [0.05, 0.1) is 24.5 Å². The summed E-state index contributed by atoms with van der Waals surface area (Å²) in [5.74, 6) is -0.841. The van der Waals surface area contributed by atoms with Crippen molar-refractivity contribution in [2.75, 3.05) is 7.11 Å². The van der Waals surface area contributed by atoms with Gasteiger partial charge in [-0.25, -0.2) is 4.98 Å². The van der Waals surface area contributed by atoms with E-state index in [9.17, 15) is 10.1 Å². The van der Waals surface area contributed by atoms with E-state index in [4.69, 9.17) is 10.3 Å². The maximum absolute atomic E-state index is 12.7. The maximum atomic E-state index is 12.7. The molecule has 2 bridgehead atoms. The minimum atomic E-state index is -1.16. The molecule has 0 unspecified atom stereocenters. The van der Waals surface area contributed by atoms with Crippen LogP contribution in [0.2, 0.25) is 0 Å². The van der Waals surface area contributed by atoms with E-state index < -0.39 is 17.2 Å². The van der Waals surface area contributed by atoms with Crippen LogP contribution in [0.25, 0.3) is 10.4 Å². The molecular formula is C16H15N5O2. The average molecular weight is 309 g/mol. The van der Waals surface area contributed by atoms with E-state index in [-0.39, 0.29) is 5.92 Å². The zero-order valence-corrected chi connectivity index (χ0v) is 12.9. The second-order valence-electron chi connectivity index (χ2n) is 5.98. The van der Waals surface area contributed by atoms with Crippen LogP contribution in [0.3, 0.4) is 0 Å². The van der Waals surface area contributed by atoms with Crippen molar-refractivity contribution in [3.05, 3.63) is 45.5 Å². The number of allylic oxidation sites excluding steroid dienone is 2. The Morgan fingerprint density at radius 3 is 3.04 bits per heavy atom. The molecule has 0 N–H and O–H groups in total. The lowest BCUT2D eigenvalue weighted by atomic mass is 9.55. The fourth-order valence-corrected chi connectivity index (χ4v) is 3.92. The SMILES string of the molecule is COc1ccc2c(n1)C[C@H]1C=C(C)C[C@]2(C(=O)N=[N+]=[N-])[C@@H]1C#N. The molecule has 7 nitrogen and oxygen atoms in total. The standard InChI is InChI=1S/C16H15N5O2/c1-9-5-10-6-13-11(3-4-14(19-13)23-2)16(7-9,12(10)8-17)15(22)20-21-18/h3-5,10,12H,6-7H2,1-2H3/t10-,12-,16-/m1/s1. The topological polar surface area (TPSA) is 112 Å². The molecular weight excluding hydrogens is 294 g/mol. The third-order valence-electron chi connectivity index (χ3n) is 4.74. The van der Waals surface area contributed by atoms with Crippen LogP contribution in [0.5, 0.6) is 5.88 Å². The molecule has 0 spiro atoms. The summed E-state index contributed by atoms with van der Waals surface area (Å²) in [7, 11) is 1.53. The number of methoxy groups -OCH3 is 1. The number of hydrogen-bond donors (Lipinski definition) is 0. The third kappa shape index (κ3) is 2.07. The number of fused-ring (bicyclic) bond motifs is 4. The van der Waals surface area contributed by atoms with Gasteiger partial charge in [-0.3, -0.25) is 4.79 Å². The second kappa shape index (κ2) is 5.41. The Hall–Kier alpha value is -2.84. The lowest BCUT2D eigenvalue weighted by Gasteiger charge is -2.46. The van der Waals surface area contributed by atoms with Crippen LogP contribution in [0.4, 0.5) is 0 Å². The van der Waals surface area contributed by atoms with E-state index >= 15 is 0 Å². The molecule has 0 fully saturated rings. The first-order chi connectivity index (χ1) is 11.1. The number of amides is 1. The molecule has 1 aromatic rings. The Morgan fingerprint density at radius 1 is 1.61 bits per heavy atom. The molecule has 3 atom stereocenters. The van der Waals surface area contributed by atoms with Crippen LogP contribution in [0, 0.1) is 23.2 Å². The highest BCUT2D eigenvalue weighted by atomic mass is 16.5. The number of carbonyl (C=O) groups excluding carboxylic acids is 1. The number of aromatic nitrogens is 1. The number of hydrogen-bond acceptors (Lipinski definition) is 4. The Labute approximate surface area is 133 Å². The predicted octanol–water partition coefficient (Wildman–Crippen LogP) is 2.83. The Balaban J connectivity index is 2.30. The zero-order valence-electron chi connectivity index (χ0n) is 12.9. The summed E-state index contributed by atoms with van der Waals surface area (Å²) < 4.78 is 5.16. The largest absolute Gasteiger partial charge is 0.481 e. The number of azide groups is 1. The summed E-state index contributed by atoms with van der Waals surface area (Å²) >= 11 is 0. The van der Waals surface area contributed by atoms with E-state index in [2.05, 4.69) is 21.1 Å². The minimum absolute atomic E-state index is 0.126. The van der Waals surface area contributed by atoms with Crippen LogP contribution in [-0.4, -0.2) is 18.0 Å². The summed E-state index contributed by atoms with van der Waals surface area (Å²) in [6.45, 7) is 1.93. The first-order valence-corrected chi connectivity index (χ1v) is 7.27. The Morgan fingerprint density at radius 2 is 2.39 bits per heavy atom. The molecule has 0 saturated carbocycles. The van der Waals surface area contributed by atoms with Gasteiger partial charge in [0.1, 0.15) is 0 Å². The van der Waals surface area contributed by atoms with Crippen LogP contribution >= 0.6 is 0 Å². The van der Waals surface area contributed by atoms with E-state index in [1.807, 2.05) is 13.0 Å². The van der Waals surface area contributed by atoms with E-state index in [0.29, 0.717) is 24.3 Å². The summed E-state index contributed by atoms with van der Waals surface area (Å²) in [6.07, 6.45) is 2.95. The van der Waals surface area contributed by atoms with Crippen molar-refractivity contribution < 1.29 is 9.53 Å². The Kier molecular flexibility index (Phi) is 3.55. The van der Waals surface area contributed by atoms with E-state index in [1.54, 1.807) is 12.1 Å². The van der Waals surface area contributed by atoms with Crippen molar-refractivity contribution in [1.29, 1.82) is 5.26 Å². The first-order valence-electron chi connectivity index (χ1n) is 7.27. The van der Waals surface area contributed by atoms with Gasteiger partial charge >= 0.3 is 0 Å². The highest BCUT2D eigenvalue weighted by Crippen LogP contribution is 2.52. The molecule has 0 aliphatic heterocycles. The van der Waals surface area contributed by atoms with Crippen molar-refractivity contribution in [3.63, 3.8) is 0 Å². The van der Waals surface area contributed by atoms with E-state index in [1.165, 1.54) is 7.11 Å². The smallest absolute Gasteiger partial charge is 0.231 e. The fourth-order valence-electron chi connectivity index (χ4n) is 3.92. The molecule has 1 aromatic heterocycles. The number of carbonyl (C=O) groups is 1. The van der Waals surface area contributed by atoms with Crippen LogP contribution in [0.15, 0.2) is 28.9 Å². The van der Waals surface area contributed by atoms with Crippen LogP contribution in [-0.2, 0) is 16.6 Å². The molecule has 0 radical (unpaired) electrons. The van der Waals surface area contributed by atoms with Gasteiger partial charge in [0.15, 0.2) is 0 Å². The molecule has 1 heterocycles. The Bertz CT molecular complexity index is 803. The number of ether oxygens (including phenoxy) is 1. The van der Waals surface area contributed by atoms with Gasteiger partial charge in [0, 0.05) is 16.7 Å². The molecule has 2 aliphatic carbocycles. The fraction of sp³-hybridized carbons (Fsp3) is 0.438. The van der Waals surface area contributed by atoms with Crippen molar-refractivity contribution >= 4 is 5.91 Å². The number of rotatable bonds is 2. The maximum Gasteiger partial charge on any atom is 0.231 e. The molecule has 3 rings (SSSR count). The molecule has 116 valence electrons. The van der Waals surface area contributed by atoms with Crippen molar-refractivity contribution in [3.8, 4) is 11.9 Å². The predicted molar refractivity (Wildman–Crippen MR) is 81.3 cm³/mol. The quantitative estimate of drug-likeness (QED) is 0.362. The lowest BCUT2D eigenvalue weighted by molar-refractivity contribution is -0.126. The first kappa shape index (κ1) is 15.1. The van der Waals surface area contributed by atoms with Crippen molar-refractivity contribution in [2.24, 2.45) is 17.0 Å². The number of pyridine rings is 1. The normalized spacial score (nSPS) is 27.8. The molecule has 23 heavy (non-hydrogen) atoms. The average Bonchev–Trinajstić information content (AvgIpc) is 2.53. The van der Waals surface area contributed by atoms with Crippen molar-refractivity contribution in [2.45, 2.75) is 25.2 Å². The molecule has 0 aromatic carbocycles. The van der Waals surface area contributed by atoms with Crippen LogP contribution in [0.1, 0.15) is 24.6 Å².